The molecule has 2 aromatic rings. The summed E-state index contributed by atoms with van der Waals surface area (Å²) in [6.45, 7) is -0.441. The Labute approximate surface area is 169 Å². The molecule has 25 heavy (non-hydrogen) atoms. The highest BCUT2D eigenvalue weighted by atomic mass is 79.9. The van der Waals surface area contributed by atoms with Crippen LogP contribution in [-0.2, 0) is 14.8 Å². The second-order valence-electron chi connectivity index (χ2n) is 5.07. The van der Waals surface area contributed by atoms with E-state index in [1.54, 1.807) is 18.2 Å². The molecule has 0 aliphatic heterocycles. The van der Waals surface area contributed by atoms with Gasteiger partial charge in [-0.2, -0.15) is 0 Å². The summed E-state index contributed by atoms with van der Waals surface area (Å²) < 4.78 is 25.7. The number of anilines is 2. The minimum atomic E-state index is -3.73. The minimum Gasteiger partial charge on any atom is -0.324 e. The third kappa shape index (κ3) is 5.76. The zero-order valence-corrected chi connectivity index (χ0v) is 17.4. The molecular weight excluding hydrogens is 475 g/mol. The van der Waals surface area contributed by atoms with Gasteiger partial charge in [0.1, 0.15) is 6.54 Å². The van der Waals surface area contributed by atoms with E-state index in [0.717, 1.165) is 10.6 Å². The van der Waals surface area contributed by atoms with Crippen molar-refractivity contribution in [1.29, 1.82) is 0 Å². The lowest BCUT2D eigenvalue weighted by Crippen LogP contribution is -2.37. The van der Waals surface area contributed by atoms with Crippen molar-refractivity contribution in [3.63, 3.8) is 0 Å². The van der Waals surface area contributed by atoms with Crippen LogP contribution in [0.4, 0.5) is 11.4 Å². The predicted molar refractivity (Wildman–Crippen MR) is 106 cm³/mol. The maximum atomic E-state index is 12.3. The Morgan fingerprint density at radius 2 is 1.72 bits per heavy atom. The molecular formula is C15H12BrCl3N2O3S. The normalized spacial score (nSPS) is 11.2. The zero-order valence-electron chi connectivity index (χ0n) is 12.8. The first-order chi connectivity index (χ1) is 11.6. The van der Waals surface area contributed by atoms with Gasteiger partial charge in [0.25, 0.3) is 0 Å². The lowest BCUT2D eigenvalue weighted by Gasteiger charge is -2.22. The molecule has 0 unspecified atom stereocenters. The molecule has 0 aromatic heterocycles. The molecule has 134 valence electrons. The third-order valence-corrected chi connectivity index (χ3v) is 5.84. The number of carbonyl (C=O) groups excluding carboxylic acids is 1. The van der Waals surface area contributed by atoms with Crippen molar-refractivity contribution in [2.75, 3.05) is 22.4 Å². The van der Waals surface area contributed by atoms with Crippen LogP contribution < -0.4 is 9.62 Å². The van der Waals surface area contributed by atoms with Crippen LogP contribution in [-0.4, -0.2) is 27.1 Å². The number of halogens is 4. The van der Waals surface area contributed by atoms with Crippen molar-refractivity contribution in [3.05, 3.63) is 55.9 Å². The van der Waals surface area contributed by atoms with E-state index >= 15 is 0 Å². The molecule has 0 saturated carbocycles. The number of hydrogen-bond acceptors (Lipinski definition) is 3. The molecule has 5 nitrogen and oxygen atoms in total. The van der Waals surface area contributed by atoms with Gasteiger partial charge in [0.2, 0.25) is 15.9 Å². The predicted octanol–water partition coefficient (Wildman–Crippen LogP) is 4.81. The highest BCUT2D eigenvalue weighted by Gasteiger charge is 2.22. The van der Waals surface area contributed by atoms with Crippen molar-refractivity contribution in [3.8, 4) is 0 Å². The first kappa shape index (κ1) is 20.3. The second-order valence-corrected chi connectivity index (χ2v) is 9.12. The van der Waals surface area contributed by atoms with Crippen LogP contribution in [0.5, 0.6) is 0 Å². The number of sulfonamides is 1. The minimum absolute atomic E-state index is 0.198. The number of nitrogens with zero attached hydrogens (tertiary/aromatic N) is 1. The number of nitrogens with one attached hydrogen (secondary N) is 1. The smallest absolute Gasteiger partial charge is 0.245 e. The molecule has 0 spiro atoms. The Bertz CT molecular complexity index is 902. The lowest BCUT2D eigenvalue weighted by atomic mass is 10.3. The zero-order chi connectivity index (χ0) is 18.8. The van der Waals surface area contributed by atoms with Crippen molar-refractivity contribution in [2.24, 2.45) is 0 Å². The summed E-state index contributed by atoms with van der Waals surface area (Å²) in [5.41, 5.74) is 0.639. The van der Waals surface area contributed by atoms with E-state index in [2.05, 4.69) is 21.2 Å². The standard InChI is InChI=1S/C15H12BrCl3N2O3S/c1-25(23,24)21(12-5-9(17)4-10(18)6-12)8-15(22)20-11-2-3-13(16)14(19)7-11/h2-7H,8H2,1H3,(H,20,22). The highest BCUT2D eigenvalue weighted by molar-refractivity contribution is 9.10. The Balaban J connectivity index is 2.25. The molecule has 0 aliphatic carbocycles. The Morgan fingerprint density at radius 3 is 2.24 bits per heavy atom. The quantitative estimate of drug-likeness (QED) is 0.659. The average Bonchev–Trinajstić information content (AvgIpc) is 2.46. The summed E-state index contributed by atoms with van der Waals surface area (Å²) >= 11 is 21.1. The van der Waals surface area contributed by atoms with Gasteiger partial charge in [0.05, 0.1) is 17.0 Å². The molecule has 2 aromatic carbocycles. The third-order valence-electron chi connectivity index (χ3n) is 3.03. The van der Waals surface area contributed by atoms with Gasteiger partial charge in [0, 0.05) is 20.2 Å². The summed E-state index contributed by atoms with van der Waals surface area (Å²) in [5.74, 6) is -0.542. The number of rotatable bonds is 5. The summed E-state index contributed by atoms with van der Waals surface area (Å²) in [6.07, 6.45) is 0.992. The molecule has 0 fully saturated rings. The fourth-order valence-electron chi connectivity index (χ4n) is 1.99. The van der Waals surface area contributed by atoms with Gasteiger partial charge in [-0.25, -0.2) is 8.42 Å². The van der Waals surface area contributed by atoms with Crippen LogP contribution in [0.25, 0.3) is 0 Å². The Hall–Kier alpha value is -0.990. The summed E-state index contributed by atoms with van der Waals surface area (Å²) in [5, 5.41) is 3.53. The molecule has 1 N–H and O–H groups in total. The molecule has 0 saturated heterocycles. The second kappa shape index (κ2) is 8.14. The van der Waals surface area contributed by atoms with E-state index in [0.29, 0.717) is 15.2 Å². The summed E-state index contributed by atoms with van der Waals surface area (Å²) in [6, 6.07) is 9.15. The maximum Gasteiger partial charge on any atom is 0.245 e. The number of hydrogen-bond donors (Lipinski definition) is 1. The Morgan fingerprint density at radius 1 is 1.12 bits per heavy atom. The van der Waals surface area contributed by atoms with Gasteiger partial charge in [-0.05, 0) is 52.3 Å². The van der Waals surface area contributed by atoms with Crippen molar-refractivity contribution >= 4 is 78.0 Å². The molecule has 0 heterocycles. The van der Waals surface area contributed by atoms with Crippen molar-refractivity contribution < 1.29 is 13.2 Å². The van der Waals surface area contributed by atoms with Gasteiger partial charge >= 0.3 is 0 Å². The van der Waals surface area contributed by atoms with E-state index in [9.17, 15) is 13.2 Å². The largest absolute Gasteiger partial charge is 0.324 e. The van der Waals surface area contributed by atoms with E-state index in [1.165, 1.54) is 18.2 Å². The molecule has 0 aliphatic rings. The van der Waals surface area contributed by atoms with Crippen LogP contribution in [0.15, 0.2) is 40.9 Å². The molecule has 0 radical (unpaired) electrons. The van der Waals surface area contributed by atoms with Crippen LogP contribution >= 0.6 is 50.7 Å². The van der Waals surface area contributed by atoms with E-state index in [1.807, 2.05) is 0 Å². The number of carbonyl (C=O) groups is 1. The molecule has 1 amide bonds. The number of amides is 1. The first-order valence-electron chi connectivity index (χ1n) is 6.75. The Kier molecular flexibility index (Phi) is 6.62. The molecule has 0 atom stereocenters. The van der Waals surface area contributed by atoms with Gasteiger partial charge in [-0.1, -0.05) is 34.8 Å². The topological polar surface area (TPSA) is 66.5 Å². The van der Waals surface area contributed by atoms with Crippen LogP contribution in [0.3, 0.4) is 0 Å². The van der Waals surface area contributed by atoms with Gasteiger partial charge in [0.15, 0.2) is 0 Å². The number of benzene rings is 2. The highest BCUT2D eigenvalue weighted by Crippen LogP contribution is 2.28. The monoisotopic (exact) mass is 484 g/mol. The molecule has 10 heteroatoms. The summed E-state index contributed by atoms with van der Waals surface area (Å²) in [4.78, 5) is 12.3. The molecule has 2 rings (SSSR count). The fraction of sp³-hybridized carbons (Fsp3) is 0.133. The van der Waals surface area contributed by atoms with Crippen LogP contribution in [0.1, 0.15) is 0 Å². The van der Waals surface area contributed by atoms with E-state index in [-0.39, 0.29) is 15.7 Å². The molecule has 0 bridgehead atoms. The first-order valence-corrected chi connectivity index (χ1v) is 10.5. The van der Waals surface area contributed by atoms with Crippen molar-refractivity contribution in [2.45, 2.75) is 0 Å². The SMILES string of the molecule is CS(=O)(=O)N(CC(=O)Nc1ccc(Br)c(Cl)c1)c1cc(Cl)cc(Cl)c1. The van der Waals surface area contributed by atoms with Crippen molar-refractivity contribution in [1.82, 2.24) is 0 Å². The van der Waals surface area contributed by atoms with Gasteiger partial charge < -0.3 is 5.32 Å². The van der Waals surface area contributed by atoms with E-state index < -0.39 is 22.5 Å². The van der Waals surface area contributed by atoms with Gasteiger partial charge in [-0.15, -0.1) is 0 Å². The summed E-state index contributed by atoms with van der Waals surface area (Å²) in [7, 11) is -3.73. The maximum absolute atomic E-state index is 12.3. The van der Waals surface area contributed by atoms with Crippen LogP contribution in [0.2, 0.25) is 15.1 Å². The van der Waals surface area contributed by atoms with Gasteiger partial charge in [-0.3, -0.25) is 9.10 Å². The lowest BCUT2D eigenvalue weighted by molar-refractivity contribution is -0.114. The van der Waals surface area contributed by atoms with E-state index in [4.69, 9.17) is 34.8 Å². The fourth-order valence-corrected chi connectivity index (χ4v) is 3.77. The van der Waals surface area contributed by atoms with Crippen LogP contribution in [0, 0.1) is 0 Å². The average molecular weight is 487 g/mol.